The van der Waals surface area contributed by atoms with Crippen LogP contribution in [0.2, 0.25) is 0 Å². The summed E-state index contributed by atoms with van der Waals surface area (Å²) in [7, 11) is 1.43. The zero-order chi connectivity index (χ0) is 49.8. The lowest BCUT2D eigenvalue weighted by atomic mass is 10.0. The highest BCUT2D eigenvalue weighted by Gasteiger charge is 2.24. The van der Waals surface area contributed by atoms with Crippen LogP contribution >= 0.6 is 0 Å². The van der Waals surface area contributed by atoms with Crippen LogP contribution in [0.4, 0.5) is 0 Å². The van der Waals surface area contributed by atoms with Gasteiger partial charge in [-0.1, -0.05) is 84.0 Å². The number of imide groups is 1. The second-order valence-electron chi connectivity index (χ2n) is 15.9. The lowest BCUT2D eigenvalue weighted by Crippen LogP contribution is -2.41. The summed E-state index contributed by atoms with van der Waals surface area (Å²) in [6, 6.07) is -1.05. The maximum atomic E-state index is 12.1. The SMILES string of the molecule is CCCOCCNC(=O)CC[C@H](NC(=O)CCCCCCCCCCCCCCCCC(=O)O)C(=O)O.COCC(=O)NCCOCCOCC(=O)NCCNC(=O)CCN1C(=O)C=CC1=O. The van der Waals surface area contributed by atoms with E-state index in [1.165, 1.54) is 52.1 Å². The third-order valence-electron chi connectivity index (χ3n) is 9.94. The maximum absolute atomic E-state index is 12.1. The highest BCUT2D eigenvalue weighted by Crippen LogP contribution is 2.14. The first-order chi connectivity index (χ1) is 32.3. The van der Waals surface area contributed by atoms with Gasteiger partial charge in [0.25, 0.3) is 11.8 Å². The van der Waals surface area contributed by atoms with Crippen LogP contribution in [0.25, 0.3) is 0 Å². The normalized spacial score (nSPS) is 12.2. The van der Waals surface area contributed by atoms with Crippen LogP contribution in [0.5, 0.6) is 0 Å². The van der Waals surface area contributed by atoms with E-state index < -0.39 is 29.8 Å². The summed E-state index contributed by atoms with van der Waals surface area (Å²) < 4.78 is 20.3. The summed E-state index contributed by atoms with van der Waals surface area (Å²) in [5, 5.41) is 30.9. The smallest absolute Gasteiger partial charge is 0.326 e. The Hall–Kier alpha value is -4.99. The second kappa shape index (κ2) is 43.6. The van der Waals surface area contributed by atoms with Gasteiger partial charge in [0, 0.05) is 84.3 Å². The van der Waals surface area contributed by atoms with E-state index in [1.807, 2.05) is 6.92 Å². The number of carboxylic acids is 2. The number of carboxylic acid groups (broad SMARTS) is 2. The fourth-order valence-electron chi connectivity index (χ4n) is 6.32. The van der Waals surface area contributed by atoms with Gasteiger partial charge in [0.15, 0.2) is 0 Å². The number of unbranched alkanes of at least 4 members (excludes halogenated alkanes) is 13. The number of nitrogens with one attached hydrogen (secondary N) is 5. The fourth-order valence-corrected chi connectivity index (χ4v) is 6.32. The van der Waals surface area contributed by atoms with Gasteiger partial charge in [0.05, 0.1) is 26.4 Å². The zero-order valence-electron chi connectivity index (χ0n) is 40.0. The molecule has 1 atom stereocenters. The van der Waals surface area contributed by atoms with Gasteiger partial charge in [-0.05, 0) is 25.7 Å². The number of amides is 7. The third-order valence-corrected chi connectivity index (χ3v) is 9.94. The molecular weight excluding hydrogens is 877 g/mol. The number of nitrogens with zero attached hydrogens (tertiary/aromatic N) is 1. The molecule has 7 amide bonds. The third kappa shape index (κ3) is 39.9. The van der Waals surface area contributed by atoms with E-state index in [-0.39, 0.29) is 101 Å². The van der Waals surface area contributed by atoms with Crippen molar-refractivity contribution >= 4 is 53.3 Å². The Bertz CT molecular complexity index is 1450. The van der Waals surface area contributed by atoms with E-state index >= 15 is 0 Å². The first kappa shape index (κ1) is 62.0. The molecule has 21 nitrogen and oxygen atoms in total. The Kier molecular flexibility index (Phi) is 40.3. The van der Waals surface area contributed by atoms with Crippen molar-refractivity contribution in [3.05, 3.63) is 12.2 Å². The van der Waals surface area contributed by atoms with Gasteiger partial charge in [-0.25, -0.2) is 4.79 Å². The molecule has 0 spiro atoms. The van der Waals surface area contributed by atoms with Crippen LogP contribution in [0, 0.1) is 0 Å². The molecule has 1 heterocycles. The Morgan fingerprint density at radius 3 is 1.49 bits per heavy atom. The van der Waals surface area contributed by atoms with Crippen LogP contribution < -0.4 is 26.6 Å². The molecule has 1 aliphatic heterocycles. The van der Waals surface area contributed by atoms with Crippen molar-refractivity contribution in [2.75, 3.05) is 86.1 Å². The van der Waals surface area contributed by atoms with Gasteiger partial charge in [-0.2, -0.15) is 0 Å². The summed E-state index contributed by atoms with van der Waals surface area (Å²) in [4.78, 5) is 104. The van der Waals surface area contributed by atoms with Crippen LogP contribution in [0.3, 0.4) is 0 Å². The number of ether oxygens (including phenoxy) is 4. The van der Waals surface area contributed by atoms with Crippen LogP contribution in [0.15, 0.2) is 12.2 Å². The van der Waals surface area contributed by atoms with Crippen LogP contribution in [-0.2, 0) is 62.1 Å². The highest BCUT2D eigenvalue weighted by molar-refractivity contribution is 6.13. The molecule has 0 fully saturated rings. The average molecular weight is 957 g/mol. The lowest BCUT2D eigenvalue weighted by Gasteiger charge is -2.14. The van der Waals surface area contributed by atoms with Gasteiger partial charge in [-0.15, -0.1) is 0 Å². The van der Waals surface area contributed by atoms with Crippen molar-refractivity contribution in [3.8, 4) is 0 Å². The van der Waals surface area contributed by atoms with Crippen molar-refractivity contribution in [2.45, 2.75) is 141 Å². The van der Waals surface area contributed by atoms with Gasteiger partial charge < -0.3 is 55.7 Å². The molecule has 0 radical (unpaired) electrons. The first-order valence-electron chi connectivity index (χ1n) is 23.9. The Labute approximate surface area is 395 Å². The van der Waals surface area contributed by atoms with E-state index in [0.29, 0.717) is 39.3 Å². The topological polar surface area (TPSA) is 294 Å². The van der Waals surface area contributed by atoms with Crippen LogP contribution in [-0.4, -0.2) is 161 Å². The Morgan fingerprint density at radius 2 is 0.970 bits per heavy atom. The number of hydrogen-bond acceptors (Lipinski definition) is 13. The lowest BCUT2D eigenvalue weighted by molar-refractivity contribution is -0.142. The summed E-state index contributed by atoms with van der Waals surface area (Å²) in [5.41, 5.74) is 0. The minimum absolute atomic E-state index is 0.000236. The van der Waals surface area contributed by atoms with Crippen molar-refractivity contribution < 1.29 is 72.3 Å². The highest BCUT2D eigenvalue weighted by atomic mass is 16.5. The maximum Gasteiger partial charge on any atom is 0.326 e. The molecule has 384 valence electrons. The number of carbonyl (C=O) groups excluding carboxylic acids is 7. The minimum Gasteiger partial charge on any atom is -0.481 e. The van der Waals surface area contributed by atoms with E-state index in [1.54, 1.807) is 0 Å². The monoisotopic (exact) mass is 957 g/mol. The minimum atomic E-state index is -1.12. The van der Waals surface area contributed by atoms with Gasteiger partial charge in [-0.3, -0.25) is 43.3 Å². The molecular formula is C46H80N6O15. The molecule has 0 aromatic carbocycles. The van der Waals surface area contributed by atoms with Crippen molar-refractivity contribution in [3.63, 3.8) is 0 Å². The average Bonchev–Trinajstić information content (AvgIpc) is 3.61. The standard InChI is InChI=1S/C28H52N2O7.C18H28N4O8/c1-2-22-37-23-21-29-25(31)20-19-24(28(35)36)30-26(32)17-15-13-11-9-7-5-3-4-6-8-10-12-14-16-18-27(33)34;1-28-12-15(24)21-7-9-29-10-11-30-13-16(25)20-6-5-19-14(23)4-8-22-17(26)2-3-18(22)27/h24H,2-23H2,1H3,(H,29,31)(H,30,32)(H,33,34)(H,35,36);2-3H,4-13H2,1H3,(H,19,23)(H,20,25)(H,21,24)/t24-;/m0./s1. The Balaban J connectivity index is 0.00000133. The molecule has 67 heavy (non-hydrogen) atoms. The first-order valence-corrected chi connectivity index (χ1v) is 23.9. The van der Waals surface area contributed by atoms with Crippen molar-refractivity contribution in [1.82, 2.24) is 31.5 Å². The van der Waals surface area contributed by atoms with Gasteiger partial charge >= 0.3 is 11.9 Å². The van der Waals surface area contributed by atoms with Gasteiger partial charge in [0.2, 0.25) is 29.5 Å². The van der Waals surface area contributed by atoms with E-state index in [9.17, 15) is 48.3 Å². The second-order valence-corrected chi connectivity index (χ2v) is 15.9. The van der Waals surface area contributed by atoms with Crippen LogP contribution in [0.1, 0.15) is 135 Å². The number of aliphatic carboxylic acids is 2. The predicted octanol–water partition coefficient (Wildman–Crippen LogP) is 2.53. The quantitative estimate of drug-likeness (QED) is 0.0341. The molecule has 0 bridgehead atoms. The zero-order valence-corrected chi connectivity index (χ0v) is 40.0. The van der Waals surface area contributed by atoms with Crippen molar-refractivity contribution in [2.24, 2.45) is 0 Å². The molecule has 0 aliphatic carbocycles. The summed E-state index contributed by atoms with van der Waals surface area (Å²) in [6.07, 6.45) is 19.4. The molecule has 7 N–H and O–H groups in total. The largest absolute Gasteiger partial charge is 0.481 e. The molecule has 1 aliphatic rings. The molecule has 0 saturated carbocycles. The van der Waals surface area contributed by atoms with E-state index in [4.69, 9.17) is 19.3 Å². The van der Waals surface area contributed by atoms with E-state index in [2.05, 4.69) is 31.3 Å². The van der Waals surface area contributed by atoms with Crippen molar-refractivity contribution in [1.29, 1.82) is 0 Å². The molecule has 0 saturated heterocycles. The summed E-state index contributed by atoms with van der Waals surface area (Å²) in [5.74, 6) is -4.10. The predicted molar refractivity (Wildman–Crippen MR) is 247 cm³/mol. The molecule has 1 rings (SSSR count). The number of methoxy groups -OCH3 is 1. The Morgan fingerprint density at radius 1 is 0.522 bits per heavy atom. The fraction of sp³-hybridized carbons (Fsp3) is 0.761. The molecule has 0 aromatic rings. The molecule has 0 aromatic heterocycles. The summed E-state index contributed by atoms with van der Waals surface area (Å²) >= 11 is 0. The molecule has 0 unspecified atom stereocenters. The number of carbonyl (C=O) groups is 9. The summed E-state index contributed by atoms with van der Waals surface area (Å²) in [6.45, 7) is 4.94. The van der Waals surface area contributed by atoms with Gasteiger partial charge in [0.1, 0.15) is 19.3 Å². The molecule has 21 heteroatoms. The number of rotatable bonds is 43. The van der Waals surface area contributed by atoms with E-state index in [0.717, 1.165) is 68.4 Å². The number of hydrogen-bond donors (Lipinski definition) is 7.